The molecule has 4 rings (SSSR count). The summed E-state index contributed by atoms with van der Waals surface area (Å²) < 4.78 is 10.4. The number of carbonyl (C=O) groups excluding carboxylic acids is 2. The highest BCUT2D eigenvalue weighted by Crippen LogP contribution is 2.37. The number of para-hydroxylation sites is 2. The highest BCUT2D eigenvalue weighted by molar-refractivity contribution is 6.08. The number of ether oxygens (including phenoxy) is 2. The van der Waals surface area contributed by atoms with E-state index in [0.29, 0.717) is 28.3 Å². The van der Waals surface area contributed by atoms with Gasteiger partial charge in [0.15, 0.2) is 5.75 Å². The molecule has 1 amide bonds. The lowest BCUT2D eigenvalue weighted by atomic mass is 10.0. The van der Waals surface area contributed by atoms with Gasteiger partial charge in [0, 0.05) is 19.3 Å². The third-order valence-corrected chi connectivity index (χ3v) is 4.25. The van der Waals surface area contributed by atoms with Crippen LogP contribution >= 0.6 is 0 Å². The zero-order valence-electron chi connectivity index (χ0n) is 21.8. The predicted molar refractivity (Wildman–Crippen MR) is 143 cm³/mol. The quantitative estimate of drug-likeness (QED) is 0.395. The van der Waals surface area contributed by atoms with Crippen molar-refractivity contribution in [1.82, 2.24) is 0 Å². The maximum absolute atomic E-state index is 12.5. The first-order valence-corrected chi connectivity index (χ1v) is 11.9. The van der Waals surface area contributed by atoms with Gasteiger partial charge in [-0.05, 0) is 42.3 Å². The number of methoxy groups -OCH3 is 1. The van der Waals surface area contributed by atoms with Gasteiger partial charge in [0.25, 0.3) is 5.91 Å². The largest absolute Gasteiger partial charge is 0.454 e. The number of hydrogen-bond acceptors (Lipinski definition) is 4. The average Bonchev–Trinajstić information content (AvgIpc) is 3.07. The molecule has 34 heavy (non-hydrogen) atoms. The summed E-state index contributed by atoms with van der Waals surface area (Å²) in [5.74, 6) is 0.930. The number of carbonyl (C=O) groups is 2. The van der Waals surface area contributed by atoms with Crippen LogP contribution in [0.1, 0.15) is 69.2 Å². The van der Waals surface area contributed by atoms with Crippen molar-refractivity contribution in [3.05, 3.63) is 77.9 Å². The third-order valence-electron chi connectivity index (χ3n) is 4.25. The SMILES string of the molecule is CC.CC.CC.CCOC.O=Cc1ccc(-c2ccc3c(c2)C(=O)Nc2ccccc2O3)cc1. The van der Waals surface area contributed by atoms with Gasteiger partial charge < -0.3 is 14.8 Å². The summed E-state index contributed by atoms with van der Waals surface area (Å²) in [5, 5.41) is 2.87. The normalized spacial score (nSPS) is 10.1. The molecule has 0 aromatic heterocycles. The minimum Gasteiger partial charge on any atom is -0.454 e. The minimum atomic E-state index is -0.207. The maximum atomic E-state index is 12.5. The summed E-state index contributed by atoms with van der Waals surface area (Å²) in [4.78, 5) is 23.3. The molecule has 0 saturated carbocycles. The Morgan fingerprint density at radius 3 is 1.94 bits per heavy atom. The van der Waals surface area contributed by atoms with Gasteiger partial charge in [-0.3, -0.25) is 9.59 Å². The summed E-state index contributed by atoms with van der Waals surface area (Å²) >= 11 is 0. The van der Waals surface area contributed by atoms with Crippen LogP contribution in [-0.2, 0) is 4.74 Å². The van der Waals surface area contributed by atoms with Gasteiger partial charge in [0.2, 0.25) is 0 Å². The van der Waals surface area contributed by atoms with Crippen molar-refractivity contribution >= 4 is 17.9 Å². The molecule has 0 radical (unpaired) electrons. The van der Waals surface area contributed by atoms with Crippen molar-refractivity contribution in [2.75, 3.05) is 19.0 Å². The highest BCUT2D eigenvalue weighted by atomic mass is 16.5. The van der Waals surface area contributed by atoms with E-state index in [2.05, 4.69) is 10.1 Å². The van der Waals surface area contributed by atoms with Crippen LogP contribution in [0.4, 0.5) is 5.69 Å². The van der Waals surface area contributed by atoms with E-state index >= 15 is 0 Å². The summed E-state index contributed by atoms with van der Waals surface area (Å²) in [6.45, 7) is 14.8. The first-order valence-electron chi connectivity index (χ1n) is 11.9. The Morgan fingerprint density at radius 2 is 1.38 bits per heavy atom. The van der Waals surface area contributed by atoms with Crippen LogP contribution in [0.25, 0.3) is 11.1 Å². The number of fused-ring (bicyclic) bond motifs is 2. The fourth-order valence-electron chi connectivity index (χ4n) is 2.70. The van der Waals surface area contributed by atoms with E-state index in [9.17, 15) is 9.59 Å². The lowest BCUT2D eigenvalue weighted by Crippen LogP contribution is -2.10. The van der Waals surface area contributed by atoms with Crippen LogP contribution in [0, 0.1) is 0 Å². The van der Waals surface area contributed by atoms with Crippen molar-refractivity contribution in [3.8, 4) is 22.6 Å². The molecule has 3 aromatic rings. The lowest BCUT2D eigenvalue weighted by molar-refractivity contribution is 0.102. The maximum Gasteiger partial charge on any atom is 0.259 e. The molecule has 0 aliphatic carbocycles. The molecular formula is C29H39NO4. The van der Waals surface area contributed by atoms with E-state index in [1.165, 1.54) is 0 Å². The molecule has 0 saturated heterocycles. The van der Waals surface area contributed by atoms with Crippen LogP contribution < -0.4 is 10.1 Å². The zero-order valence-corrected chi connectivity index (χ0v) is 21.8. The second kappa shape index (κ2) is 18.0. The Hall–Kier alpha value is -3.44. The summed E-state index contributed by atoms with van der Waals surface area (Å²) in [5.41, 5.74) is 3.55. The second-order valence-electron chi connectivity index (χ2n) is 6.08. The number of rotatable bonds is 3. The molecule has 1 N–H and O–H groups in total. The Bertz CT molecular complexity index is 980. The summed E-state index contributed by atoms with van der Waals surface area (Å²) in [7, 11) is 1.68. The topological polar surface area (TPSA) is 64.6 Å². The zero-order chi connectivity index (χ0) is 25.9. The minimum absolute atomic E-state index is 0.207. The lowest BCUT2D eigenvalue weighted by Gasteiger charge is -2.09. The van der Waals surface area contributed by atoms with E-state index in [0.717, 1.165) is 24.0 Å². The molecular weight excluding hydrogens is 426 g/mol. The highest BCUT2D eigenvalue weighted by Gasteiger charge is 2.21. The standard InChI is InChI=1S/C20H13NO3.C3H8O.3C2H6/c22-12-13-5-7-14(8-6-13)15-9-10-18-16(11-15)20(23)21-17-3-1-2-4-19(17)24-18;1-3-4-2;3*1-2/h1-12H,(H,21,23);3H2,1-2H3;3*1-2H3. The van der Waals surface area contributed by atoms with Crippen LogP contribution in [-0.4, -0.2) is 25.9 Å². The molecule has 1 aliphatic heterocycles. The number of hydrogen-bond donors (Lipinski definition) is 1. The molecule has 5 nitrogen and oxygen atoms in total. The van der Waals surface area contributed by atoms with Crippen LogP contribution in [0.3, 0.4) is 0 Å². The molecule has 1 aliphatic rings. The fraction of sp³-hybridized carbons (Fsp3) is 0.310. The van der Waals surface area contributed by atoms with E-state index in [1.54, 1.807) is 37.4 Å². The van der Waals surface area contributed by atoms with Crippen molar-refractivity contribution in [1.29, 1.82) is 0 Å². The fourth-order valence-corrected chi connectivity index (χ4v) is 2.70. The van der Waals surface area contributed by atoms with Crippen molar-refractivity contribution in [3.63, 3.8) is 0 Å². The molecule has 1 heterocycles. The first-order chi connectivity index (χ1) is 16.7. The average molecular weight is 466 g/mol. The van der Waals surface area contributed by atoms with E-state index in [4.69, 9.17) is 4.74 Å². The number of amides is 1. The summed E-state index contributed by atoms with van der Waals surface area (Å²) in [6.07, 6.45) is 0.805. The monoisotopic (exact) mass is 465 g/mol. The Balaban J connectivity index is 0.000000955. The Morgan fingerprint density at radius 1 is 0.824 bits per heavy atom. The van der Waals surface area contributed by atoms with Gasteiger partial charge in [-0.25, -0.2) is 0 Å². The Labute approximate surface area is 205 Å². The predicted octanol–water partition coefficient (Wildman–Crippen LogP) is 8.26. The number of aldehydes is 1. The van der Waals surface area contributed by atoms with E-state index in [1.807, 2.05) is 84.9 Å². The van der Waals surface area contributed by atoms with Crippen molar-refractivity contribution in [2.24, 2.45) is 0 Å². The molecule has 0 unspecified atom stereocenters. The van der Waals surface area contributed by atoms with E-state index < -0.39 is 0 Å². The number of anilines is 1. The third kappa shape index (κ3) is 8.83. The molecule has 184 valence electrons. The van der Waals surface area contributed by atoms with Gasteiger partial charge in [0.1, 0.15) is 12.0 Å². The molecule has 5 heteroatoms. The Kier molecular flexibility index (Phi) is 16.2. The van der Waals surface area contributed by atoms with Crippen LogP contribution in [0.2, 0.25) is 0 Å². The molecule has 0 atom stereocenters. The number of benzene rings is 3. The van der Waals surface area contributed by atoms with Crippen LogP contribution in [0.5, 0.6) is 11.5 Å². The van der Waals surface area contributed by atoms with Crippen molar-refractivity contribution < 1.29 is 19.1 Å². The smallest absolute Gasteiger partial charge is 0.259 e. The molecule has 0 spiro atoms. The van der Waals surface area contributed by atoms with Gasteiger partial charge in [-0.2, -0.15) is 0 Å². The molecule has 0 fully saturated rings. The molecule has 3 aromatic carbocycles. The van der Waals surface area contributed by atoms with Gasteiger partial charge in [-0.1, -0.05) is 84.0 Å². The van der Waals surface area contributed by atoms with Gasteiger partial charge in [-0.15, -0.1) is 0 Å². The second-order valence-corrected chi connectivity index (χ2v) is 6.08. The van der Waals surface area contributed by atoms with E-state index in [-0.39, 0.29) is 5.91 Å². The van der Waals surface area contributed by atoms with Crippen molar-refractivity contribution in [2.45, 2.75) is 48.5 Å². The number of nitrogens with one attached hydrogen (secondary N) is 1. The summed E-state index contributed by atoms with van der Waals surface area (Å²) in [6, 6.07) is 20.0. The molecule has 0 bridgehead atoms. The van der Waals surface area contributed by atoms with Gasteiger partial charge >= 0.3 is 0 Å². The van der Waals surface area contributed by atoms with Gasteiger partial charge in [0.05, 0.1) is 11.3 Å². The first kappa shape index (κ1) is 30.6. The van der Waals surface area contributed by atoms with Crippen LogP contribution in [0.15, 0.2) is 66.7 Å².